The molecular weight excluding hydrogens is 248 g/mol. The van der Waals surface area contributed by atoms with Gasteiger partial charge in [-0.25, -0.2) is 0 Å². The Hall–Kier alpha value is -1.35. The molecule has 2 N–H and O–H groups in total. The highest BCUT2D eigenvalue weighted by Gasteiger charge is 2.26. The van der Waals surface area contributed by atoms with Gasteiger partial charge in [-0.2, -0.15) is 0 Å². The third-order valence-corrected chi connectivity index (χ3v) is 4.21. The number of carbonyl (C=O) groups excluding carboxylic acids is 1. The Morgan fingerprint density at radius 2 is 1.95 bits per heavy atom. The molecule has 0 aromatic heterocycles. The summed E-state index contributed by atoms with van der Waals surface area (Å²) in [6.45, 7) is 7.82. The molecule has 0 saturated heterocycles. The van der Waals surface area contributed by atoms with Crippen molar-refractivity contribution in [2.24, 2.45) is 11.1 Å². The second-order valence-corrected chi connectivity index (χ2v) is 6.86. The number of benzene rings is 1. The summed E-state index contributed by atoms with van der Waals surface area (Å²) in [4.78, 5) is 14.4. The minimum atomic E-state index is -0.0894. The van der Waals surface area contributed by atoms with Gasteiger partial charge in [-0.15, -0.1) is 0 Å². The lowest BCUT2D eigenvalue weighted by atomic mass is 9.85. The van der Waals surface area contributed by atoms with E-state index in [1.807, 2.05) is 11.0 Å². The maximum Gasteiger partial charge on any atom is 0.224 e. The molecule has 3 nitrogen and oxygen atoms in total. The maximum absolute atomic E-state index is 12.5. The summed E-state index contributed by atoms with van der Waals surface area (Å²) < 4.78 is 0. The summed E-state index contributed by atoms with van der Waals surface area (Å²) >= 11 is 0. The molecule has 3 heteroatoms. The van der Waals surface area contributed by atoms with Crippen LogP contribution in [0.2, 0.25) is 0 Å². The van der Waals surface area contributed by atoms with Gasteiger partial charge in [-0.05, 0) is 29.4 Å². The highest BCUT2D eigenvalue weighted by Crippen LogP contribution is 2.23. The van der Waals surface area contributed by atoms with Crippen LogP contribution in [-0.2, 0) is 17.8 Å². The van der Waals surface area contributed by atoms with E-state index < -0.39 is 0 Å². The molecule has 1 aliphatic rings. The third kappa shape index (κ3) is 3.60. The average molecular weight is 274 g/mol. The van der Waals surface area contributed by atoms with Gasteiger partial charge in [0, 0.05) is 25.6 Å². The van der Waals surface area contributed by atoms with Crippen molar-refractivity contribution < 1.29 is 4.79 Å². The molecule has 0 saturated carbocycles. The van der Waals surface area contributed by atoms with Gasteiger partial charge in [-0.3, -0.25) is 4.79 Å². The standard InChI is InChI=1S/C17H26N2O/c1-17(2,3)15(18)11-16(20)19-10-6-9-13-7-4-5-8-14(13)12-19/h4-5,7-8,15H,6,9-12,18H2,1-3H3. The van der Waals surface area contributed by atoms with Crippen molar-refractivity contribution in [3.05, 3.63) is 35.4 Å². The van der Waals surface area contributed by atoms with Crippen LogP contribution in [-0.4, -0.2) is 23.4 Å². The van der Waals surface area contributed by atoms with Crippen molar-refractivity contribution in [2.45, 2.75) is 52.6 Å². The second kappa shape index (κ2) is 5.96. The van der Waals surface area contributed by atoms with Gasteiger partial charge in [0.2, 0.25) is 5.91 Å². The number of fused-ring (bicyclic) bond motifs is 1. The van der Waals surface area contributed by atoms with Crippen LogP contribution in [0.1, 0.15) is 44.7 Å². The van der Waals surface area contributed by atoms with E-state index in [0.29, 0.717) is 6.42 Å². The monoisotopic (exact) mass is 274 g/mol. The Kier molecular flexibility index (Phi) is 4.48. The quantitative estimate of drug-likeness (QED) is 0.901. The van der Waals surface area contributed by atoms with Gasteiger partial charge in [0.25, 0.3) is 0 Å². The van der Waals surface area contributed by atoms with E-state index in [9.17, 15) is 4.79 Å². The van der Waals surface area contributed by atoms with Crippen LogP contribution in [0.15, 0.2) is 24.3 Å². The molecule has 0 aliphatic carbocycles. The molecule has 0 spiro atoms. The number of hydrogen-bond donors (Lipinski definition) is 1. The molecule has 1 unspecified atom stereocenters. The summed E-state index contributed by atoms with van der Waals surface area (Å²) in [5.41, 5.74) is 8.77. The molecule has 1 atom stereocenters. The Morgan fingerprint density at radius 3 is 2.60 bits per heavy atom. The van der Waals surface area contributed by atoms with Crippen LogP contribution in [0.25, 0.3) is 0 Å². The van der Waals surface area contributed by atoms with Crippen molar-refractivity contribution in [3.63, 3.8) is 0 Å². The molecule has 0 radical (unpaired) electrons. The summed E-state index contributed by atoms with van der Waals surface area (Å²) in [6, 6.07) is 8.34. The van der Waals surface area contributed by atoms with Gasteiger partial charge < -0.3 is 10.6 Å². The molecule has 2 rings (SSSR count). The van der Waals surface area contributed by atoms with Gasteiger partial charge >= 0.3 is 0 Å². The summed E-state index contributed by atoms with van der Waals surface area (Å²) in [5, 5.41) is 0. The van der Waals surface area contributed by atoms with E-state index in [2.05, 4.69) is 39.0 Å². The number of carbonyl (C=O) groups is 1. The number of amides is 1. The normalized spacial score (nSPS) is 17.3. The first-order valence-electron chi connectivity index (χ1n) is 7.48. The molecular formula is C17H26N2O. The van der Waals surface area contributed by atoms with Crippen molar-refractivity contribution in [1.82, 2.24) is 4.90 Å². The first-order valence-corrected chi connectivity index (χ1v) is 7.48. The fraction of sp³-hybridized carbons (Fsp3) is 0.588. The number of aryl methyl sites for hydroxylation is 1. The SMILES string of the molecule is CC(C)(C)C(N)CC(=O)N1CCCc2ccccc2C1. The smallest absolute Gasteiger partial charge is 0.224 e. The van der Waals surface area contributed by atoms with Crippen LogP contribution < -0.4 is 5.73 Å². The first-order chi connectivity index (χ1) is 9.38. The van der Waals surface area contributed by atoms with Gasteiger partial charge in [0.1, 0.15) is 0 Å². The minimum absolute atomic E-state index is 0.0284. The molecule has 1 aromatic rings. The Bertz CT molecular complexity index is 476. The van der Waals surface area contributed by atoms with Crippen molar-refractivity contribution >= 4 is 5.91 Å². The molecule has 1 aliphatic heterocycles. The van der Waals surface area contributed by atoms with Crippen LogP contribution in [0, 0.1) is 5.41 Å². The molecule has 1 aromatic carbocycles. The van der Waals surface area contributed by atoms with E-state index in [1.54, 1.807) is 0 Å². The van der Waals surface area contributed by atoms with Crippen LogP contribution in [0.3, 0.4) is 0 Å². The largest absolute Gasteiger partial charge is 0.338 e. The first kappa shape index (κ1) is 15.0. The Labute approximate surface area is 122 Å². The van der Waals surface area contributed by atoms with Crippen molar-refractivity contribution in [1.29, 1.82) is 0 Å². The Balaban J connectivity index is 2.05. The zero-order valence-corrected chi connectivity index (χ0v) is 12.9. The van der Waals surface area contributed by atoms with Gasteiger partial charge in [0.15, 0.2) is 0 Å². The molecule has 1 heterocycles. The zero-order chi connectivity index (χ0) is 14.8. The molecule has 1 amide bonds. The molecule has 20 heavy (non-hydrogen) atoms. The summed E-state index contributed by atoms with van der Waals surface area (Å²) in [6.07, 6.45) is 2.53. The van der Waals surface area contributed by atoms with Crippen LogP contribution in [0.4, 0.5) is 0 Å². The molecule has 0 fully saturated rings. The number of hydrogen-bond acceptors (Lipinski definition) is 2. The number of nitrogens with two attached hydrogens (primary N) is 1. The third-order valence-electron chi connectivity index (χ3n) is 4.21. The van der Waals surface area contributed by atoms with E-state index in [4.69, 9.17) is 5.73 Å². The van der Waals surface area contributed by atoms with Gasteiger partial charge in [-0.1, -0.05) is 45.0 Å². The molecule has 110 valence electrons. The number of rotatable bonds is 2. The van der Waals surface area contributed by atoms with Gasteiger partial charge in [0.05, 0.1) is 0 Å². The lowest BCUT2D eigenvalue weighted by molar-refractivity contribution is -0.132. The lowest BCUT2D eigenvalue weighted by Crippen LogP contribution is -2.41. The topological polar surface area (TPSA) is 46.3 Å². The molecule has 0 bridgehead atoms. The lowest BCUT2D eigenvalue weighted by Gasteiger charge is -2.29. The highest BCUT2D eigenvalue weighted by atomic mass is 16.2. The van der Waals surface area contributed by atoms with Crippen LogP contribution in [0.5, 0.6) is 0 Å². The summed E-state index contributed by atoms with van der Waals surface area (Å²) in [5.74, 6) is 0.184. The summed E-state index contributed by atoms with van der Waals surface area (Å²) in [7, 11) is 0. The number of nitrogens with zero attached hydrogens (tertiary/aromatic N) is 1. The maximum atomic E-state index is 12.5. The van der Waals surface area contributed by atoms with E-state index in [0.717, 1.165) is 25.9 Å². The Morgan fingerprint density at radius 1 is 1.30 bits per heavy atom. The van der Waals surface area contributed by atoms with Crippen LogP contribution >= 0.6 is 0 Å². The predicted molar refractivity (Wildman–Crippen MR) is 82.2 cm³/mol. The van der Waals surface area contributed by atoms with E-state index in [-0.39, 0.29) is 17.4 Å². The predicted octanol–water partition coefficient (Wildman–Crippen LogP) is 2.72. The minimum Gasteiger partial charge on any atom is -0.338 e. The van der Waals surface area contributed by atoms with Crippen molar-refractivity contribution in [3.8, 4) is 0 Å². The highest BCUT2D eigenvalue weighted by molar-refractivity contribution is 5.77. The second-order valence-electron chi connectivity index (χ2n) is 6.86. The van der Waals surface area contributed by atoms with E-state index >= 15 is 0 Å². The fourth-order valence-corrected chi connectivity index (χ4v) is 2.54. The average Bonchev–Trinajstić information content (AvgIpc) is 2.59. The van der Waals surface area contributed by atoms with E-state index in [1.165, 1.54) is 11.1 Å². The van der Waals surface area contributed by atoms with Crippen molar-refractivity contribution in [2.75, 3.05) is 6.54 Å². The zero-order valence-electron chi connectivity index (χ0n) is 12.9. The fourth-order valence-electron chi connectivity index (χ4n) is 2.54.